The Morgan fingerprint density at radius 2 is 2.18 bits per heavy atom. The first-order chi connectivity index (χ1) is 8.24. The molecule has 5 heteroatoms. The molecule has 0 amide bonds. The molecule has 0 spiro atoms. The molecule has 1 heterocycles. The van der Waals surface area contributed by atoms with Crippen molar-refractivity contribution in [3.05, 3.63) is 24.1 Å². The maximum absolute atomic E-state index is 5.74. The summed E-state index contributed by atoms with van der Waals surface area (Å²) in [7, 11) is 1.58. The van der Waals surface area contributed by atoms with Crippen LogP contribution >= 0.6 is 0 Å². The number of anilines is 1. The molecule has 2 N–H and O–H groups in total. The molecule has 5 nitrogen and oxygen atoms in total. The molecule has 17 heavy (non-hydrogen) atoms. The van der Waals surface area contributed by atoms with Gasteiger partial charge in [0.25, 0.3) is 0 Å². The van der Waals surface area contributed by atoms with Crippen molar-refractivity contribution in [2.75, 3.05) is 12.8 Å². The lowest BCUT2D eigenvalue weighted by molar-refractivity contribution is 0.417. The third-order valence-electron chi connectivity index (χ3n) is 2.41. The molecule has 2 aromatic rings. The predicted octanol–water partition coefficient (Wildman–Crippen LogP) is 2.28. The van der Waals surface area contributed by atoms with Crippen molar-refractivity contribution in [2.24, 2.45) is 0 Å². The van der Waals surface area contributed by atoms with E-state index in [1.807, 2.05) is 6.07 Å². The highest BCUT2D eigenvalue weighted by atomic mass is 16.5. The van der Waals surface area contributed by atoms with Crippen molar-refractivity contribution < 1.29 is 9.15 Å². The molecule has 0 saturated heterocycles. The van der Waals surface area contributed by atoms with E-state index in [9.17, 15) is 0 Å². The Kier molecular flexibility index (Phi) is 3.27. The lowest BCUT2D eigenvalue weighted by atomic mass is 10.2. The van der Waals surface area contributed by atoms with Crippen LogP contribution in [0.3, 0.4) is 0 Å². The Balaban J connectivity index is 2.32. The monoisotopic (exact) mass is 233 g/mol. The first-order valence-corrected chi connectivity index (χ1v) is 5.51. The third kappa shape index (κ3) is 2.38. The smallest absolute Gasteiger partial charge is 0.247 e. The zero-order valence-electron chi connectivity index (χ0n) is 9.93. The van der Waals surface area contributed by atoms with Gasteiger partial charge in [-0.3, -0.25) is 0 Å². The minimum absolute atomic E-state index is 0.492. The van der Waals surface area contributed by atoms with Gasteiger partial charge >= 0.3 is 0 Å². The summed E-state index contributed by atoms with van der Waals surface area (Å²) in [5.74, 6) is 1.75. The van der Waals surface area contributed by atoms with Gasteiger partial charge in [-0.2, -0.15) is 0 Å². The highest BCUT2D eigenvalue weighted by Gasteiger charge is 2.10. The van der Waals surface area contributed by atoms with E-state index in [0.29, 0.717) is 23.2 Å². The second-order valence-electron chi connectivity index (χ2n) is 3.71. The molecule has 0 radical (unpaired) electrons. The number of ether oxygens (including phenoxy) is 1. The minimum Gasteiger partial charge on any atom is -0.495 e. The van der Waals surface area contributed by atoms with Gasteiger partial charge in [-0.1, -0.05) is 6.92 Å². The van der Waals surface area contributed by atoms with E-state index in [1.165, 1.54) is 0 Å². The van der Waals surface area contributed by atoms with Gasteiger partial charge in [0.2, 0.25) is 11.8 Å². The molecule has 0 aliphatic rings. The van der Waals surface area contributed by atoms with Crippen molar-refractivity contribution in [3.8, 4) is 17.2 Å². The number of hydrogen-bond donors (Lipinski definition) is 1. The van der Waals surface area contributed by atoms with Crippen LogP contribution in [0.5, 0.6) is 5.75 Å². The summed E-state index contributed by atoms with van der Waals surface area (Å²) in [5, 5.41) is 7.97. The number of hydrogen-bond acceptors (Lipinski definition) is 5. The van der Waals surface area contributed by atoms with Crippen LogP contribution in [-0.4, -0.2) is 17.3 Å². The SMILES string of the molecule is CCCc1nnc(-c2ccc(N)c(OC)c2)o1. The Labute approximate surface area is 99.6 Å². The molecular formula is C12H15N3O2. The molecule has 0 fully saturated rings. The molecule has 1 aromatic heterocycles. The fourth-order valence-electron chi connectivity index (χ4n) is 1.53. The zero-order chi connectivity index (χ0) is 12.3. The van der Waals surface area contributed by atoms with Gasteiger partial charge in [-0.25, -0.2) is 0 Å². The molecule has 0 aliphatic carbocycles. The standard InChI is InChI=1S/C12H15N3O2/c1-3-4-11-14-15-12(17-11)8-5-6-9(13)10(7-8)16-2/h5-7H,3-4,13H2,1-2H3. The average Bonchev–Trinajstić information content (AvgIpc) is 2.79. The number of nitrogens with two attached hydrogens (primary N) is 1. The van der Waals surface area contributed by atoms with Crippen molar-refractivity contribution in [3.63, 3.8) is 0 Å². The van der Waals surface area contributed by atoms with E-state index in [-0.39, 0.29) is 0 Å². The fourth-order valence-corrected chi connectivity index (χ4v) is 1.53. The Morgan fingerprint density at radius 1 is 1.35 bits per heavy atom. The molecular weight excluding hydrogens is 218 g/mol. The van der Waals surface area contributed by atoms with E-state index < -0.39 is 0 Å². The summed E-state index contributed by atoms with van der Waals surface area (Å²) in [6.45, 7) is 2.07. The molecule has 0 saturated carbocycles. The topological polar surface area (TPSA) is 74.2 Å². The normalized spacial score (nSPS) is 10.5. The number of aromatic nitrogens is 2. The summed E-state index contributed by atoms with van der Waals surface area (Å²) in [6, 6.07) is 5.39. The summed E-state index contributed by atoms with van der Waals surface area (Å²) >= 11 is 0. The summed E-state index contributed by atoms with van der Waals surface area (Å²) < 4.78 is 10.7. The van der Waals surface area contributed by atoms with Crippen molar-refractivity contribution >= 4 is 5.69 Å². The van der Waals surface area contributed by atoms with Gasteiger partial charge in [0.15, 0.2) is 0 Å². The number of nitrogens with zero attached hydrogens (tertiary/aromatic N) is 2. The lowest BCUT2D eigenvalue weighted by Crippen LogP contribution is -1.92. The highest BCUT2D eigenvalue weighted by Crippen LogP contribution is 2.28. The van der Waals surface area contributed by atoms with Gasteiger partial charge in [-0.05, 0) is 24.6 Å². The molecule has 90 valence electrons. The zero-order valence-corrected chi connectivity index (χ0v) is 9.93. The fraction of sp³-hybridized carbons (Fsp3) is 0.333. The Bertz CT molecular complexity index is 508. The third-order valence-corrected chi connectivity index (χ3v) is 2.41. The number of aryl methyl sites for hydroxylation is 1. The van der Waals surface area contributed by atoms with Crippen LogP contribution in [0.2, 0.25) is 0 Å². The number of benzene rings is 1. The van der Waals surface area contributed by atoms with Gasteiger partial charge in [0, 0.05) is 12.0 Å². The van der Waals surface area contributed by atoms with E-state index >= 15 is 0 Å². The molecule has 1 aromatic carbocycles. The van der Waals surface area contributed by atoms with E-state index in [2.05, 4.69) is 17.1 Å². The van der Waals surface area contributed by atoms with Crippen molar-refractivity contribution in [2.45, 2.75) is 19.8 Å². The van der Waals surface area contributed by atoms with E-state index in [1.54, 1.807) is 19.2 Å². The van der Waals surface area contributed by atoms with Crippen LogP contribution in [0.15, 0.2) is 22.6 Å². The largest absolute Gasteiger partial charge is 0.495 e. The summed E-state index contributed by atoms with van der Waals surface area (Å²) in [4.78, 5) is 0. The minimum atomic E-state index is 0.492. The number of methoxy groups -OCH3 is 1. The van der Waals surface area contributed by atoms with Gasteiger partial charge in [0.1, 0.15) is 5.75 Å². The van der Waals surface area contributed by atoms with Crippen LogP contribution < -0.4 is 10.5 Å². The van der Waals surface area contributed by atoms with E-state index in [0.717, 1.165) is 18.4 Å². The first kappa shape index (κ1) is 11.4. The first-order valence-electron chi connectivity index (χ1n) is 5.51. The molecule has 0 atom stereocenters. The van der Waals surface area contributed by atoms with E-state index in [4.69, 9.17) is 14.9 Å². The maximum Gasteiger partial charge on any atom is 0.247 e. The lowest BCUT2D eigenvalue weighted by Gasteiger charge is -2.04. The molecule has 2 rings (SSSR count). The highest BCUT2D eigenvalue weighted by molar-refractivity contribution is 5.64. The maximum atomic E-state index is 5.74. The van der Waals surface area contributed by atoms with Gasteiger partial charge in [0.05, 0.1) is 12.8 Å². The average molecular weight is 233 g/mol. The van der Waals surface area contributed by atoms with Crippen molar-refractivity contribution in [1.82, 2.24) is 10.2 Å². The molecule has 0 bridgehead atoms. The van der Waals surface area contributed by atoms with Gasteiger partial charge < -0.3 is 14.9 Å². The quantitative estimate of drug-likeness (QED) is 0.820. The van der Waals surface area contributed by atoms with Crippen LogP contribution in [0, 0.1) is 0 Å². The Hall–Kier alpha value is -2.04. The van der Waals surface area contributed by atoms with Crippen LogP contribution in [0.4, 0.5) is 5.69 Å². The van der Waals surface area contributed by atoms with Crippen LogP contribution in [0.1, 0.15) is 19.2 Å². The van der Waals surface area contributed by atoms with Crippen LogP contribution in [-0.2, 0) is 6.42 Å². The number of rotatable bonds is 4. The van der Waals surface area contributed by atoms with Crippen LogP contribution in [0.25, 0.3) is 11.5 Å². The van der Waals surface area contributed by atoms with Gasteiger partial charge in [-0.15, -0.1) is 10.2 Å². The predicted molar refractivity (Wildman–Crippen MR) is 64.7 cm³/mol. The summed E-state index contributed by atoms with van der Waals surface area (Å²) in [5.41, 5.74) is 7.14. The second-order valence-corrected chi connectivity index (χ2v) is 3.71. The Morgan fingerprint density at radius 3 is 2.88 bits per heavy atom. The molecule has 0 unspecified atom stereocenters. The summed E-state index contributed by atoms with van der Waals surface area (Å²) in [6.07, 6.45) is 1.77. The molecule has 0 aliphatic heterocycles. The second kappa shape index (κ2) is 4.86. The number of nitrogen functional groups attached to an aromatic ring is 1. The van der Waals surface area contributed by atoms with Crippen molar-refractivity contribution in [1.29, 1.82) is 0 Å².